The Hall–Kier alpha value is -2.06. The second-order valence-electron chi connectivity index (χ2n) is 5.58. The monoisotopic (exact) mass is 394 g/mol. The van der Waals surface area contributed by atoms with Crippen LogP contribution >= 0.6 is 15.9 Å². The number of carbonyl (C=O) groups excluding carboxylic acids is 1. The predicted molar refractivity (Wildman–Crippen MR) is 92.8 cm³/mol. The maximum Gasteiger partial charge on any atom is 0.270 e. The van der Waals surface area contributed by atoms with Crippen LogP contribution in [0.25, 0.3) is 11.1 Å². The van der Waals surface area contributed by atoms with E-state index in [9.17, 15) is 4.79 Å². The lowest BCUT2D eigenvalue weighted by molar-refractivity contribution is 0.0769. The number of aryl methyl sites for hydroxylation is 1. The summed E-state index contributed by atoms with van der Waals surface area (Å²) in [6.07, 6.45) is 1.72. The number of furan rings is 1. The van der Waals surface area contributed by atoms with E-state index >= 15 is 0 Å². The summed E-state index contributed by atoms with van der Waals surface area (Å²) < 4.78 is 15.1. The number of aromatic nitrogens is 3. The van der Waals surface area contributed by atoms with E-state index in [-0.39, 0.29) is 5.91 Å². The van der Waals surface area contributed by atoms with E-state index < -0.39 is 0 Å². The van der Waals surface area contributed by atoms with Gasteiger partial charge in [0.2, 0.25) is 0 Å². The van der Waals surface area contributed by atoms with Crippen LogP contribution in [-0.2, 0) is 24.9 Å². The molecule has 7 nitrogen and oxygen atoms in total. The first-order valence-electron chi connectivity index (χ1n) is 7.51. The molecule has 24 heavy (non-hydrogen) atoms. The van der Waals surface area contributed by atoms with Crippen molar-refractivity contribution in [3.05, 3.63) is 40.5 Å². The number of nitrogens with zero attached hydrogens (tertiary/aromatic N) is 4. The molecule has 1 amide bonds. The molecule has 0 saturated carbocycles. The van der Waals surface area contributed by atoms with Crippen molar-refractivity contribution in [3.63, 3.8) is 0 Å². The second-order valence-corrected chi connectivity index (χ2v) is 6.36. The Bertz CT molecular complexity index is 864. The summed E-state index contributed by atoms with van der Waals surface area (Å²) in [5, 5.41) is 4.13. The third kappa shape index (κ3) is 3.11. The van der Waals surface area contributed by atoms with Gasteiger partial charge in [-0.1, -0.05) is 0 Å². The molecule has 0 spiro atoms. The standard InChI is InChI=1S/C16H19BrN4O3/c1-19(10-11-4-5-18-20(11)2)16(22)13-8-14-12(9-15(17)24-14)21(13)6-7-23-3/h4-5,8-9H,6-7,10H2,1-3H3. The quantitative estimate of drug-likeness (QED) is 0.644. The summed E-state index contributed by atoms with van der Waals surface area (Å²) in [6.45, 7) is 1.57. The maximum absolute atomic E-state index is 12.9. The molecule has 128 valence electrons. The number of rotatable bonds is 6. The summed E-state index contributed by atoms with van der Waals surface area (Å²) in [5.74, 6) is -0.0742. The van der Waals surface area contributed by atoms with Gasteiger partial charge in [-0.15, -0.1) is 0 Å². The number of carbonyl (C=O) groups is 1. The molecule has 8 heteroatoms. The molecule has 3 heterocycles. The molecule has 3 aromatic heterocycles. The van der Waals surface area contributed by atoms with E-state index in [2.05, 4.69) is 21.0 Å². The van der Waals surface area contributed by atoms with Crippen LogP contribution in [-0.4, -0.2) is 45.9 Å². The van der Waals surface area contributed by atoms with Gasteiger partial charge in [0.15, 0.2) is 10.3 Å². The number of ether oxygens (including phenoxy) is 1. The Morgan fingerprint density at radius 2 is 2.25 bits per heavy atom. The first-order valence-corrected chi connectivity index (χ1v) is 8.30. The lowest BCUT2D eigenvalue weighted by atomic mass is 10.3. The van der Waals surface area contributed by atoms with E-state index in [0.29, 0.717) is 35.6 Å². The van der Waals surface area contributed by atoms with Crippen LogP contribution in [0.3, 0.4) is 0 Å². The Labute approximate surface area is 147 Å². The molecule has 0 aliphatic rings. The van der Waals surface area contributed by atoms with Gasteiger partial charge in [-0.3, -0.25) is 9.48 Å². The van der Waals surface area contributed by atoms with E-state index in [4.69, 9.17) is 9.15 Å². The minimum Gasteiger partial charge on any atom is -0.448 e. The summed E-state index contributed by atoms with van der Waals surface area (Å²) in [5.41, 5.74) is 3.09. The molecule has 0 fully saturated rings. The highest BCUT2D eigenvalue weighted by Crippen LogP contribution is 2.27. The van der Waals surface area contributed by atoms with Crippen LogP contribution < -0.4 is 0 Å². The Morgan fingerprint density at radius 3 is 2.92 bits per heavy atom. The Morgan fingerprint density at radius 1 is 1.46 bits per heavy atom. The van der Waals surface area contributed by atoms with Crippen molar-refractivity contribution in [2.45, 2.75) is 13.1 Å². The van der Waals surface area contributed by atoms with Gasteiger partial charge in [0.05, 0.1) is 24.4 Å². The van der Waals surface area contributed by atoms with Gasteiger partial charge in [-0.25, -0.2) is 0 Å². The average molecular weight is 395 g/mol. The van der Waals surface area contributed by atoms with Gasteiger partial charge >= 0.3 is 0 Å². The fourth-order valence-electron chi connectivity index (χ4n) is 2.68. The van der Waals surface area contributed by atoms with Crippen molar-refractivity contribution in [1.82, 2.24) is 19.2 Å². The summed E-state index contributed by atoms with van der Waals surface area (Å²) in [4.78, 5) is 14.6. The first-order chi connectivity index (χ1) is 11.5. The zero-order chi connectivity index (χ0) is 17.3. The topological polar surface area (TPSA) is 65.4 Å². The fraction of sp³-hybridized carbons (Fsp3) is 0.375. The minimum absolute atomic E-state index is 0.0742. The first kappa shape index (κ1) is 16.8. The van der Waals surface area contributed by atoms with Crippen molar-refractivity contribution in [3.8, 4) is 0 Å². The minimum atomic E-state index is -0.0742. The molecule has 0 aliphatic carbocycles. The molecule has 0 aromatic carbocycles. The molecule has 0 atom stereocenters. The molecule has 0 N–H and O–H groups in total. The number of fused-ring (bicyclic) bond motifs is 1. The number of halogens is 1. The summed E-state index contributed by atoms with van der Waals surface area (Å²) in [6, 6.07) is 5.54. The van der Waals surface area contributed by atoms with Gasteiger partial charge in [0.25, 0.3) is 5.91 Å². The van der Waals surface area contributed by atoms with E-state index in [0.717, 1.165) is 11.2 Å². The van der Waals surface area contributed by atoms with E-state index in [1.807, 2.05) is 23.7 Å². The van der Waals surface area contributed by atoms with Gasteiger partial charge < -0.3 is 18.6 Å². The zero-order valence-corrected chi connectivity index (χ0v) is 15.4. The highest BCUT2D eigenvalue weighted by molar-refractivity contribution is 9.10. The Kier molecular flexibility index (Phi) is 4.77. The number of hydrogen-bond acceptors (Lipinski definition) is 4. The van der Waals surface area contributed by atoms with E-state index in [1.165, 1.54) is 0 Å². The van der Waals surface area contributed by atoms with E-state index in [1.54, 1.807) is 36.0 Å². The molecular weight excluding hydrogens is 376 g/mol. The summed E-state index contributed by atoms with van der Waals surface area (Å²) in [7, 11) is 5.28. The number of amides is 1. The van der Waals surface area contributed by atoms with Gasteiger partial charge in [-0.2, -0.15) is 5.10 Å². The second kappa shape index (κ2) is 6.82. The molecule has 0 aliphatic heterocycles. The fourth-order valence-corrected chi connectivity index (χ4v) is 3.07. The van der Waals surface area contributed by atoms with Crippen LogP contribution in [0.15, 0.2) is 33.5 Å². The van der Waals surface area contributed by atoms with Crippen molar-refractivity contribution in [1.29, 1.82) is 0 Å². The molecule has 0 radical (unpaired) electrons. The van der Waals surface area contributed by atoms with Crippen molar-refractivity contribution in [2.75, 3.05) is 20.8 Å². The SMILES string of the molecule is COCCn1c(C(=O)N(C)Cc2ccnn2C)cc2oc(Br)cc21. The third-order valence-corrected chi connectivity index (χ3v) is 4.36. The molecule has 0 unspecified atom stereocenters. The highest BCUT2D eigenvalue weighted by Gasteiger charge is 2.22. The maximum atomic E-state index is 12.9. The summed E-state index contributed by atoms with van der Waals surface area (Å²) >= 11 is 3.33. The zero-order valence-electron chi connectivity index (χ0n) is 13.8. The average Bonchev–Trinajstić information content (AvgIpc) is 3.20. The van der Waals surface area contributed by atoms with Crippen LogP contribution in [0.5, 0.6) is 0 Å². The van der Waals surface area contributed by atoms with Gasteiger partial charge in [0, 0.05) is 46.1 Å². The van der Waals surface area contributed by atoms with Crippen LogP contribution in [0.2, 0.25) is 0 Å². The number of methoxy groups -OCH3 is 1. The van der Waals surface area contributed by atoms with Crippen molar-refractivity contribution < 1.29 is 13.9 Å². The molecule has 3 aromatic rings. The Balaban J connectivity index is 1.90. The third-order valence-electron chi connectivity index (χ3n) is 3.97. The predicted octanol–water partition coefficient (Wildman–Crippen LogP) is 2.65. The lowest BCUT2D eigenvalue weighted by Crippen LogP contribution is -2.29. The lowest BCUT2D eigenvalue weighted by Gasteiger charge is -2.18. The van der Waals surface area contributed by atoms with Crippen molar-refractivity contribution in [2.24, 2.45) is 7.05 Å². The van der Waals surface area contributed by atoms with Crippen molar-refractivity contribution >= 4 is 32.9 Å². The molecule has 0 saturated heterocycles. The van der Waals surface area contributed by atoms with Gasteiger partial charge in [0.1, 0.15) is 5.69 Å². The molecule has 0 bridgehead atoms. The largest absolute Gasteiger partial charge is 0.448 e. The smallest absolute Gasteiger partial charge is 0.270 e. The normalized spacial score (nSPS) is 11.3. The van der Waals surface area contributed by atoms with Crippen LogP contribution in [0, 0.1) is 0 Å². The molecular formula is C16H19BrN4O3. The van der Waals surface area contributed by atoms with Crippen LogP contribution in [0.4, 0.5) is 0 Å². The van der Waals surface area contributed by atoms with Crippen LogP contribution in [0.1, 0.15) is 16.2 Å². The highest BCUT2D eigenvalue weighted by atomic mass is 79.9. The number of hydrogen-bond donors (Lipinski definition) is 0. The molecule has 3 rings (SSSR count). The van der Waals surface area contributed by atoms with Gasteiger partial charge in [-0.05, 0) is 22.0 Å².